The second-order valence-electron chi connectivity index (χ2n) is 6.34. The third kappa shape index (κ3) is 4.24. The maximum Gasteiger partial charge on any atom is 0.0806 e. The standard InChI is InChI=1S/C16H31NO/c1-2-17-14-16(11-7-8-12-16)18-13-15-9-5-3-4-6-10-15/h15,17H,2-14H2,1H3. The van der Waals surface area contributed by atoms with Gasteiger partial charge in [0.1, 0.15) is 0 Å². The van der Waals surface area contributed by atoms with Gasteiger partial charge in [-0.05, 0) is 38.1 Å². The van der Waals surface area contributed by atoms with Crippen LogP contribution >= 0.6 is 0 Å². The zero-order valence-electron chi connectivity index (χ0n) is 12.2. The van der Waals surface area contributed by atoms with Gasteiger partial charge in [-0.15, -0.1) is 0 Å². The van der Waals surface area contributed by atoms with Gasteiger partial charge in [0.25, 0.3) is 0 Å². The van der Waals surface area contributed by atoms with Crippen LogP contribution in [0.1, 0.15) is 71.1 Å². The van der Waals surface area contributed by atoms with Crippen molar-refractivity contribution in [1.29, 1.82) is 0 Å². The van der Waals surface area contributed by atoms with Crippen LogP contribution in [-0.4, -0.2) is 25.3 Å². The number of ether oxygens (including phenoxy) is 1. The quantitative estimate of drug-likeness (QED) is 0.725. The molecule has 0 heterocycles. The number of likely N-dealkylation sites (N-methyl/N-ethyl adjacent to an activating group) is 1. The van der Waals surface area contributed by atoms with Crippen molar-refractivity contribution in [3.63, 3.8) is 0 Å². The minimum absolute atomic E-state index is 0.183. The van der Waals surface area contributed by atoms with E-state index in [-0.39, 0.29) is 5.60 Å². The average molecular weight is 253 g/mol. The van der Waals surface area contributed by atoms with Crippen molar-refractivity contribution < 1.29 is 4.74 Å². The molecule has 0 atom stereocenters. The average Bonchev–Trinajstić information content (AvgIpc) is 2.70. The number of rotatable bonds is 6. The summed E-state index contributed by atoms with van der Waals surface area (Å²) >= 11 is 0. The molecule has 2 aliphatic carbocycles. The Hall–Kier alpha value is -0.0800. The van der Waals surface area contributed by atoms with Gasteiger partial charge in [0.15, 0.2) is 0 Å². The molecular formula is C16H31NO. The topological polar surface area (TPSA) is 21.3 Å². The Kier molecular flexibility index (Phi) is 5.97. The molecule has 18 heavy (non-hydrogen) atoms. The van der Waals surface area contributed by atoms with Crippen LogP contribution in [0.15, 0.2) is 0 Å². The molecule has 0 aromatic heterocycles. The normalized spacial score (nSPS) is 25.2. The molecule has 2 heteroatoms. The first-order valence-electron chi connectivity index (χ1n) is 8.19. The first-order chi connectivity index (χ1) is 8.85. The zero-order valence-corrected chi connectivity index (χ0v) is 12.2. The molecule has 0 radical (unpaired) electrons. The van der Waals surface area contributed by atoms with Gasteiger partial charge in [0, 0.05) is 6.54 Å². The number of hydrogen-bond donors (Lipinski definition) is 1. The fourth-order valence-corrected chi connectivity index (χ4v) is 3.57. The lowest BCUT2D eigenvalue weighted by Crippen LogP contribution is -2.41. The molecule has 106 valence electrons. The van der Waals surface area contributed by atoms with E-state index in [0.29, 0.717) is 0 Å². The third-order valence-electron chi connectivity index (χ3n) is 4.81. The van der Waals surface area contributed by atoms with Crippen molar-refractivity contribution in [2.45, 2.75) is 76.7 Å². The van der Waals surface area contributed by atoms with E-state index in [2.05, 4.69) is 12.2 Å². The second kappa shape index (κ2) is 7.49. The summed E-state index contributed by atoms with van der Waals surface area (Å²) in [5.41, 5.74) is 0.183. The maximum atomic E-state index is 6.43. The van der Waals surface area contributed by atoms with Crippen molar-refractivity contribution in [3.8, 4) is 0 Å². The van der Waals surface area contributed by atoms with E-state index >= 15 is 0 Å². The Bertz CT molecular complexity index is 215. The van der Waals surface area contributed by atoms with Crippen LogP contribution in [0, 0.1) is 5.92 Å². The summed E-state index contributed by atoms with van der Waals surface area (Å²) in [4.78, 5) is 0. The summed E-state index contributed by atoms with van der Waals surface area (Å²) in [5, 5.41) is 3.51. The van der Waals surface area contributed by atoms with Crippen molar-refractivity contribution in [2.24, 2.45) is 5.92 Å². The van der Waals surface area contributed by atoms with E-state index in [1.807, 2.05) is 0 Å². The molecule has 1 N–H and O–H groups in total. The minimum Gasteiger partial charge on any atom is -0.373 e. The van der Waals surface area contributed by atoms with Gasteiger partial charge in [0.2, 0.25) is 0 Å². The van der Waals surface area contributed by atoms with E-state index in [1.54, 1.807) is 0 Å². The van der Waals surface area contributed by atoms with E-state index in [1.165, 1.54) is 64.2 Å². The van der Waals surface area contributed by atoms with Crippen molar-refractivity contribution in [3.05, 3.63) is 0 Å². The Morgan fingerprint density at radius 1 is 1.00 bits per heavy atom. The smallest absolute Gasteiger partial charge is 0.0806 e. The van der Waals surface area contributed by atoms with E-state index in [0.717, 1.165) is 25.6 Å². The molecular weight excluding hydrogens is 222 g/mol. The van der Waals surface area contributed by atoms with Gasteiger partial charge in [0.05, 0.1) is 12.2 Å². The zero-order chi connectivity index (χ0) is 12.7. The molecule has 0 unspecified atom stereocenters. The highest BCUT2D eigenvalue weighted by molar-refractivity contribution is 4.88. The van der Waals surface area contributed by atoms with Gasteiger partial charge >= 0.3 is 0 Å². The van der Waals surface area contributed by atoms with Gasteiger partial charge in [-0.2, -0.15) is 0 Å². The van der Waals surface area contributed by atoms with Crippen LogP contribution in [0.25, 0.3) is 0 Å². The Labute approximate surface area is 113 Å². The van der Waals surface area contributed by atoms with E-state index in [9.17, 15) is 0 Å². The Morgan fingerprint density at radius 2 is 1.67 bits per heavy atom. The molecule has 0 aromatic rings. The summed E-state index contributed by atoms with van der Waals surface area (Å²) in [7, 11) is 0. The molecule has 0 spiro atoms. The molecule has 2 rings (SSSR count). The van der Waals surface area contributed by atoms with Crippen LogP contribution in [0.4, 0.5) is 0 Å². The van der Waals surface area contributed by atoms with Crippen LogP contribution < -0.4 is 5.32 Å². The largest absolute Gasteiger partial charge is 0.373 e. The van der Waals surface area contributed by atoms with E-state index in [4.69, 9.17) is 4.74 Å². The van der Waals surface area contributed by atoms with Crippen molar-refractivity contribution in [1.82, 2.24) is 5.32 Å². The van der Waals surface area contributed by atoms with Gasteiger partial charge in [-0.25, -0.2) is 0 Å². The van der Waals surface area contributed by atoms with Crippen LogP contribution in [0.2, 0.25) is 0 Å². The molecule has 0 amide bonds. The monoisotopic (exact) mass is 253 g/mol. The Morgan fingerprint density at radius 3 is 2.28 bits per heavy atom. The lowest BCUT2D eigenvalue weighted by molar-refractivity contribution is -0.0565. The summed E-state index contributed by atoms with van der Waals surface area (Å²) < 4.78 is 6.43. The van der Waals surface area contributed by atoms with Crippen LogP contribution in [0.3, 0.4) is 0 Å². The highest BCUT2D eigenvalue weighted by Crippen LogP contribution is 2.34. The Balaban J connectivity index is 1.77. The van der Waals surface area contributed by atoms with Crippen molar-refractivity contribution in [2.75, 3.05) is 19.7 Å². The fraction of sp³-hybridized carbons (Fsp3) is 1.00. The second-order valence-corrected chi connectivity index (χ2v) is 6.34. The lowest BCUT2D eigenvalue weighted by Gasteiger charge is -2.31. The molecule has 0 bridgehead atoms. The molecule has 2 aliphatic rings. The van der Waals surface area contributed by atoms with Crippen molar-refractivity contribution >= 4 is 0 Å². The van der Waals surface area contributed by atoms with Crippen LogP contribution in [-0.2, 0) is 4.74 Å². The molecule has 0 aromatic carbocycles. The summed E-state index contributed by atoms with van der Waals surface area (Å²) in [6, 6.07) is 0. The third-order valence-corrected chi connectivity index (χ3v) is 4.81. The van der Waals surface area contributed by atoms with Crippen LogP contribution in [0.5, 0.6) is 0 Å². The molecule has 2 fully saturated rings. The van der Waals surface area contributed by atoms with E-state index < -0.39 is 0 Å². The number of hydrogen-bond acceptors (Lipinski definition) is 2. The highest BCUT2D eigenvalue weighted by atomic mass is 16.5. The molecule has 2 saturated carbocycles. The fourth-order valence-electron chi connectivity index (χ4n) is 3.57. The van der Waals surface area contributed by atoms with Gasteiger partial charge in [-0.3, -0.25) is 0 Å². The minimum atomic E-state index is 0.183. The molecule has 2 nitrogen and oxygen atoms in total. The molecule has 0 aliphatic heterocycles. The lowest BCUT2D eigenvalue weighted by atomic mass is 9.99. The predicted molar refractivity (Wildman–Crippen MR) is 76.9 cm³/mol. The van der Waals surface area contributed by atoms with Gasteiger partial charge < -0.3 is 10.1 Å². The summed E-state index contributed by atoms with van der Waals surface area (Å²) in [6.07, 6.45) is 13.8. The highest BCUT2D eigenvalue weighted by Gasteiger charge is 2.34. The predicted octanol–water partition coefficient (Wildman–Crippen LogP) is 3.90. The summed E-state index contributed by atoms with van der Waals surface area (Å²) in [5.74, 6) is 0.839. The summed E-state index contributed by atoms with van der Waals surface area (Å²) in [6.45, 7) is 5.34. The number of nitrogens with one attached hydrogen (secondary N) is 1. The SMILES string of the molecule is CCNCC1(OCC2CCCCCC2)CCCC1. The first-order valence-corrected chi connectivity index (χ1v) is 8.19. The first kappa shape index (κ1) is 14.3. The molecule has 0 saturated heterocycles. The van der Waals surface area contributed by atoms with Gasteiger partial charge in [-0.1, -0.05) is 45.4 Å². The maximum absolute atomic E-state index is 6.43.